The molecule has 4 aromatic rings. The second-order valence-corrected chi connectivity index (χ2v) is 4.08. The molecular weight excluding hydrogens is 260 g/mol. The zero-order valence-electron chi connectivity index (χ0n) is 10.4. The van der Waals surface area contributed by atoms with Gasteiger partial charge in [-0.05, 0) is 6.07 Å². The Balaban J connectivity index is 1.92. The van der Waals surface area contributed by atoms with Crippen molar-refractivity contribution >= 4 is 22.3 Å². The number of nitrogens with zero attached hydrogens (tertiary/aromatic N) is 4. The Hall–Kier alpha value is -2.96. The molecule has 0 amide bonds. The van der Waals surface area contributed by atoms with E-state index in [0.29, 0.717) is 39.7 Å². The monoisotopic (exact) mass is 268 g/mol. The quantitative estimate of drug-likeness (QED) is 0.551. The summed E-state index contributed by atoms with van der Waals surface area (Å²) in [6, 6.07) is 3.51. The van der Waals surface area contributed by atoms with Gasteiger partial charge in [-0.15, -0.1) is 0 Å². The molecule has 0 aliphatic heterocycles. The van der Waals surface area contributed by atoms with Crippen molar-refractivity contribution in [3.8, 4) is 17.3 Å². The van der Waals surface area contributed by atoms with Gasteiger partial charge in [0.15, 0.2) is 28.7 Å². The summed E-state index contributed by atoms with van der Waals surface area (Å²) in [6.07, 6.45) is 4.59. The number of oxazole rings is 2. The van der Waals surface area contributed by atoms with Crippen LogP contribution < -0.4 is 4.74 Å². The summed E-state index contributed by atoms with van der Waals surface area (Å²) in [6.45, 7) is 0. The Labute approximate surface area is 112 Å². The van der Waals surface area contributed by atoms with Crippen molar-refractivity contribution in [1.29, 1.82) is 0 Å². The molecule has 20 heavy (non-hydrogen) atoms. The summed E-state index contributed by atoms with van der Waals surface area (Å²) in [5, 5.41) is 0. The highest BCUT2D eigenvalue weighted by atomic mass is 16.5. The second kappa shape index (κ2) is 4.02. The molecule has 0 N–H and O–H groups in total. The highest BCUT2D eigenvalue weighted by Crippen LogP contribution is 2.29. The molecule has 4 aromatic heterocycles. The largest absolute Gasteiger partial charge is 0.479 e. The maximum absolute atomic E-state index is 5.69. The molecule has 0 bridgehead atoms. The second-order valence-electron chi connectivity index (χ2n) is 4.08. The number of rotatable bonds is 2. The van der Waals surface area contributed by atoms with Gasteiger partial charge in [0.2, 0.25) is 11.8 Å². The summed E-state index contributed by atoms with van der Waals surface area (Å²) in [5.74, 6) is 0.850. The molecule has 7 nitrogen and oxygen atoms in total. The first kappa shape index (κ1) is 10.9. The summed E-state index contributed by atoms with van der Waals surface area (Å²) < 4.78 is 16.1. The number of methoxy groups -OCH3 is 1. The molecular formula is C13H8N4O3. The smallest absolute Gasteiger partial charge is 0.243 e. The molecule has 0 aliphatic carbocycles. The SMILES string of the molecule is COc1nccc2oc(-c3cnc4ncoc4c3)nc12. The van der Waals surface area contributed by atoms with Crippen molar-refractivity contribution in [3.63, 3.8) is 0 Å². The summed E-state index contributed by atoms with van der Waals surface area (Å²) in [5.41, 5.74) is 3.00. The van der Waals surface area contributed by atoms with Gasteiger partial charge < -0.3 is 13.6 Å². The molecule has 4 rings (SSSR count). The number of hydrogen-bond donors (Lipinski definition) is 0. The van der Waals surface area contributed by atoms with E-state index in [1.807, 2.05) is 0 Å². The third-order valence-electron chi connectivity index (χ3n) is 2.90. The van der Waals surface area contributed by atoms with Crippen molar-refractivity contribution in [3.05, 3.63) is 30.9 Å². The maximum atomic E-state index is 5.69. The minimum absolute atomic E-state index is 0.422. The number of hydrogen-bond acceptors (Lipinski definition) is 7. The van der Waals surface area contributed by atoms with Gasteiger partial charge in [0.25, 0.3) is 0 Å². The van der Waals surface area contributed by atoms with Crippen LogP contribution in [0.1, 0.15) is 0 Å². The van der Waals surface area contributed by atoms with E-state index in [-0.39, 0.29) is 0 Å². The van der Waals surface area contributed by atoms with Crippen LogP contribution in [-0.4, -0.2) is 27.0 Å². The fourth-order valence-corrected chi connectivity index (χ4v) is 1.98. The van der Waals surface area contributed by atoms with Gasteiger partial charge in [-0.25, -0.2) is 15.0 Å². The van der Waals surface area contributed by atoms with Crippen LogP contribution in [0.5, 0.6) is 5.88 Å². The fraction of sp³-hybridized carbons (Fsp3) is 0.0769. The van der Waals surface area contributed by atoms with Crippen LogP contribution >= 0.6 is 0 Å². The van der Waals surface area contributed by atoms with Crippen molar-refractivity contribution < 1.29 is 13.6 Å². The van der Waals surface area contributed by atoms with E-state index in [1.165, 1.54) is 13.5 Å². The third-order valence-corrected chi connectivity index (χ3v) is 2.90. The standard InChI is InChI=1S/C13H8N4O3/c1-18-13-10-8(2-3-14-13)20-12(17-10)7-4-9-11(15-5-7)16-6-19-9/h2-6H,1H3. The summed E-state index contributed by atoms with van der Waals surface area (Å²) in [4.78, 5) is 16.6. The highest BCUT2D eigenvalue weighted by molar-refractivity contribution is 5.81. The van der Waals surface area contributed by atoms with Gasteiger partial charge in [-0.2, -0.15) is 4.98 Å². The third kappa shape index (κ3) is 1.53. The van der Waals surface area contributed by atoms with E-state index in [9.17, 15) is 0 Å². The van der Waals surface area contributed by atoms with E-state index in [0.717, 1.165) is 0 Å². The first-order chi connectivity index (χ1) is 9.85. The topological polar surface area (TPSA) is 87.1 Å². The van der Waals surface area contributed by atoms with Crippen LogP contribution in [0.3, 0.4) is 0 Å². The number of ether oxygens (including phenoxy) is 1. The Morgan fingerprint density at radius 1 is 1.15 bits per heavy atom. The molecule has 0 spiro atoms. The Kier molecular flexibility index (Phi) is 2.19. The van der Waals surface area contributed by atoms with Crippen LogP contribution in [-0.2, 0) is 0 Å². The van der Waals surface area contributed by atoms with E-state index >= 15 is 0 Å². The molecule has 0 fully saturated rings. The number of aromatic nitrogens is 4. The van der Waals surface area contributed by atoms with Crippen LogP contribution in [0.4, 0.5) is 0 Å². The summed E-state index contributed by atoms with van der Waals surface area (Å²) >= 11 is 0. The molecule has 0 atom stereocenters. The first-order valence-corrected chi connectivity index (χ1v) is 5.84. The van der Waals surface area contributed by atoms with E-state index < -0.39 is 0 Å². The minimum Gasteiger partial charge on any atom is -0.479 e. The lowest BCUT2D eigenvalue weighted by Gasteiger charge is -1.95. The van der Waals surface area contributed by atoms with Gasteiger partial charge in [0.05, 0.1) is 12.7 Å². The summed E-state index contributed by atoms with van der Waals surface area (Å²) in [7, 11) is 1.54. The van der Waals surface area contributed by atoms with Crippen LogP contribution in [0.15, 0.2) is 39.8 Å². The molecule has 0 saturated heterocycles. The van der Waals surface area contributed by atoms with Crippen LogP contribution in [0, 0.1) is 0 Å². The molecule has 0 aliphatic rings. The van der Waals surface area contributed by atoms with Gasteiger partial charge in [-0.3, -0.25) is 0 Å². The van der Waals surface area contributed by atoms with Gasteiger partial charge in [-0.1, -0.05) is 0 Å². The van der Waals surface area contributed by atoms with E-state index in [2.05, 4.69) is 19.9 Å². The molecule has 0 saturated carbocycles. The highest BCUT2D eigenvalue weighted by Gasteiger charge is 2.14. The lowest BCUT2D eigenvalue weighted by atomic mass is 10.3. The molecule has 98 valence electrons. The number of fused-ring (bicyclic) bond motifs is 2. The van der Waals surface area contributed by atoms with Crippen molar-refractivity contribution in [2.45, 2.75) is 0 Å². The number of pyridine rings is 2. The predicted molar refractivity (Wildman–Crippen MR) is 69.2 cm³/mol. The lowest BCUT2D eigenvalue weighted by Crippen LogP contribution is -1.87. The van der Waals surface area contributed by atoms with Crippen molar-refractivity contribution in [2.75, 3.05) is 7.11 Å². The minimum atomic E-state index is 0.422. The maximum Gasteiger partial charge on any atom is 0.243 e. The zero-order valence-corrected chi connectivity index (χ0v) is 10.4. The Bertz CT molecular complexity index is 912. The molecule has 7 heteroatoms. The molecule has 0 aromatic carbocycles. The molecule has 0 unspecified atom stereocenters. The van der Waals surface area contributed by atoms with Gasteiger partial charge >= 0.3 is 0 Å². The Morgan fingerprint density at radius 2 is 2.10 bits per heavy atom. The van der Waals surface area contributed by atoms with Crippen molar-refractivity contribution in [2.24, 2.45) is 0 Å². The van der Waals surface area contributed by atoms with Gasteiger partial charge in [0.1, 0.15) is 0 Å². The zero-order chi connectivity index (χ0) is 13.5. The Morgan fingerprint density at radius 3 is 3.00 bits per heavy atom. The first-order valence-electron chi connectivity index (χ1n) is 5.84. The average molecular weight is 268 g/mol. The van der Waals surface area contributed by atoms with E-state index in [1.54, 1.807) is 24.5 Å². The average Bonchev–Trinajstić information content (AvgIpc) is 3.11. The fourth-order valence-electron chi connectivity index (χ4n) is 1.98. The van der Waals surface area contributed by atoms with E-state index in [4.69, 9.17) is 13.6 Å². The van der Waals surface area contributed by atoms with Gasteiger partial charge in [0, 0.05) is 18.5 Å². The lowest BCUT2D eigenvalue weighted by molar-refractivity contribution is 0.402. The normalized spacial score (nSPS) is 11.2. The predicted octanol–water partition coefficient (Wildman–Crippen LogP) is 2.43. The van der Waals surface area contributed by atoms with Crippen LogP contribution in [0.25, 0.3) is 33.8 Å². The van der Waals surface area contributed by atoms with Crippen LogP contribution in [0.2, 0.25) is 0 Å². The molecule has 0 radical (unpaired) electrons. The molecule has 4 heterocycles. The van der Waals surface area contributed by atoms with Crippen molar-refractivity contribution in [1.82, 2.24) is 19.9 Å².